The van der Waals surface area contributed by atoms with Gasteiger partial charge in [0, 0.05) is 16.7 Å². The summed E-state index contributed by atoms with van der Waals surface area (Å²) in [5.74, 6) is 0.604. The van der Waals surface area contributed by atoms with Crippen LogP contribution < -0.4 is 5.32 Å². The van der Waals surface area contributed by atoms with Gasteiger partial charge in [-0.2, -0.15) is 0 Å². The quantitative estimate of drug-likeness (QED) is 0.802. The zero-order chi connectivity index (χ0) is 13.8. The number of piperidine rings is 1. The predicted octanol–water partition coefficient (Wildman–Crippen LogP) is 3.02. The Kier molecular flexibility index (Phi) is 5.47. The maximum atomic E-state index is 12.5. The molecule has 1 aliphatic rings. The highest BCUT2D eigenvalue weighted by atomic mass is 127. The molecule has 0 radical (unpaired) electrons. The Bertz CT molecular complexity index is 465. The Hall–Kier alpha value is -0.330. The molecule has 1 amide bonds. The van der Waals surface area contributed by atoms with Crippen LogP contribution in [0.2, 0.25) is 5.02 Å². The first-order valence-corrected chi connectivity index (χ1v) is 7.96. The van der Waals surface area contributed by atoms with Crippen LogP contribution in [-0.4, -0.2) is 37.5 Å². The minimum absolute atomic E-state index is 0.0576. The summed E-state index contributed by atoms with van der Waals surface area (Å²) in [7, 11) is 1.96. The second-order valence-corrected chi connectivity index (χ2v) is 6.59. The molecule has 0 aliphatic carbocycles. The van der Waals surface area contributed by atoms with Crippen molar-refractivity contribution in [2.45, 2.75) is 12.8 Å². The number of hydrogen-bond donors (Lipinski definition) is 1. The van der Waals surface area contributed by atoms with E-state index in [0.29, 0.717) is 16.5 Å². The molecule has 1 atom stereocenters. The van der Waals surface area contributed by atoms with E-state index in [0.717, 1.165) is 29.6 Å². The fourth-order valence-electron chi connectivity index (χ4n) is 2.54. The monoisotopic (exact) mass is 392 g/mol. The van der Waals surface area contributed by atoms with Gasteiger partial charge >= 0.3 is 0 Å². The predicted molar refractivity (Wildman–Crippen MR) is 86.7 cm³/mol. The lowest BCUT2D eigenvalue weighted by molar-refractivity contribution is 0.0674. The molecule has 1 N–H and O–H groups in total. The third kappa shape index (κ3) is 3.83. The number of nitrogens with one attached hydrogen (secondary N) is 1. The molecule has 1 fully saturated rings. The summed E-state index contributed by atoms with van der Waals surface area (Å²) in [6.45, 7) is 2.62. The number of benzene rings is 1. The minimum atomic E-state index is 0.0576. The van der Waals surface area contributed by atoms with Crippen LogP contribution in [-0.2, 0) is 0 Å². The molecule has 1 aromatic carbocycles. The van der Waals surface area contributed by atoms with Gasteiger partial charge in [0.1, 0.15) is 0 Å². The smallest absolute Gasteiger partial charge is 0.255 e. The molecule has 1 heterocycles. The van der Waals surface area contributed by atoms with Gasteiger partial charge in [-0.15, -0.1) is 0 Å². The normalized spacial score (nSPS) is 19.5. The van der Waals surface area contributed by atoms with Crippen LogP contribution in [0.5, 0.6) is 0 Å². The van der Waals surface area contributed by atoms with E-state index in [9.17, 15) is 4.79 Å². The van der Waals surface area contributed by atoms with Crippen molar-refractivity contribution in [1.82, 2.24) is 10.2 Å². The molecular formula is C14H18ClIN2O. The second kappa shape index (κ2) is 6.90. The number of carbonyl (C=O) groups excluding carboxylic acids is 1. The van der Waals surface area contributed by atoms with Gasteiger partial charge in [0.2, 0.25) is 0 Å². The molecular weight excluding hydrogens is 375 g/mol. The summed E-state index contributed by atoms with van der Waals surface area (Å²) >= 11 is 8.37. The van der Waals surface area contributed by atoms with Crippen molar-refractivity contribution in [3.8, 4) is 0 Å². The van der Waals surface area contributed by atoms with Crippen molar-refractivity contribution >= 4 is 40.1 Å². The molecule has 0 bridgehead atoms. The molecule has 19 heavy (non-hydrogen) atoms. The van der Waals surface area contributed by atoms with E-state index < -0.39 is 0 Å². The molecule has 1 saturated heterocycles. The van der Waals surface area contributed by atoms with E-state index in [4.69, 9.17) is 11.6 Å². The van der Waals surface area contributed by atoms with Crippen molar-refractivity contribution in [2.24, 2.45) is 5.92 Å². The minimum Gasteiger partial charge on any atom is -0.338 e. The molecule has 0 saturated carbocycles. The fourth-order valence-corrected chi connectivity index (χ4v) is 3.47. The number of rotatable bonds is 3. The maximum Gasteiger partial charge on any atom is 0.255 e. The molecule has 1 aromatic rings. The van der Waals surface area contributed by atoms with Gasteiger partial charge in [0.15, 0.2) is 0 Å². The van der Waals surface area contributed by atoms with Crippen molar-refractivity contribution < 1.29 is 4.79 Å². The summed E-state index contributed by atoms with van der Waals surface area (Å²) < 4.78 is 1.05. The summed E-state index contributed by atoms with van der Waals surface area (Å²) in [6, 6.07) is 5.59. The van der Waals surface area contributed by atoms with E-state index in [-0.39, 0.29) is 5.91 Å². The number of carbonyl (C=O) groups is 1. The van der Waals surface area contributed by atoms with Gasteiger partial charge in [-0.3, -0.25) is 4.79 Å². The van der Waals surface area contributed by atoms with Crippen LogP contribution in [0, 0.1) is 9.49 Å². The first kappa shape index (κ1) is 15.1. The number of amides is 1. The summed E-state index contributed by atoms with van der Waals surface area (Å²) in [5, 5.41) is 3.74. The Morgan fingerprint density at radius 1 is 1.58 bits per heavy atom. The highest BCUT2D eigenvalue weighted by Crippen LogP contribution is 2.23. The largest absolute Gasteiger partial charge is 0.338 e. The zero-order valence-corrected chi connectivity index (χ0v) is 13.9. The van der Waals surface area contributed by atoms with Gasteiger partial charge in [-0.05, 0) is 73.1 Å². The van der Waals surface area contributed by atoms with E-state index in [2.05, 4.69) is 27.9 Å². The summed E-state index contributed by atoms with van der Waals surface area (Å²) in [4.78, 5) is 14.4. The number of halogens is 2. The lowest BCUT2D eigenvalue weighted by Gasteiger charge is -2.33. The van der Waals surface area contributed by atoms with Gasteiger partial charge in [-0.1, -0.05) is 11.6 Å². The van der Waals surface area contributed by atoms with E-state index in [1.165, 1.54) is 6.42 Å². The molecule has 104 valence electrons. The van der Waals surface area contributed by atoms with Gasteiger partial charge in [0.25, 0.3) is 5.91 Å². The second-order valence-electron chi connectivity index (χ2n) is 4.94. The number of hydrogen-bond acceptors (Lipinski definition) is 2. The maximum absolute atomic E-state index is 12.5. The average molecular weight is 393 g/mol. The van der Waals surface area contributed by atoms with Crippen molar-refractivity contribution in [3.05, 3.63) is 32.4 Å². The summed E-state index contributed by atoms with van der Waals surface area (Å²) in [5.41, 5.74) is 0.618. The lowest BCUT2D eigenvalue weighted by Crippen LogP contribution is -2.42. The van der Waals surface area contributed by atoms with E-state index >= 15 is 0 Å². The molecule has 5 heteroatoms. The Morgan fingerprint density at radius 2 is 2.37 bits per heavy atom. The Labute approximate surface area is 132 Å². The van der Waals surface area contributed by atoms with E-state index in [1.807, 2.05) is 30.1 Å². The van der Waals surface area contributed by atoms with Gasteiger partial charge in [0.05, 0.1) is 10.6 Å². The third-order valence-corrected chi connectivity index (χ3v) is 4.44. The highest BCUT2D eigenvalue weighted by Gasteiger charge is 2.25. The molecule has 1 aliphatic heterocycles. The van der Waals surface area contributed by atoms with Crippen LogP contribution in [0.1, 0.15) is 23.2 Å². The van der Waals surface area contributed by atoms with Crippen LogP contribution in [0.4, 0.5) is 0 Å². The highest BCUT2D eigenvalue weighted by molar-refractivity contribution is 14.1. The van der Waals surface area contributed by atoms with Gasteiger partial charge < -0.3 is 10.2 Å². The molecule has 0 spiro atoms. The van der Waals surface area contributed by atoms with Gasteiger partial charge in [-0.25, -0.2) is 0 Å². The van der Waals surface area contributed by atoms with Crippen molar-refractivity contribution in [2.75, 3.05) is 26.7 Å². The standard InChI is InChI=1S/C14H18ClIN2O/c1-17-8-10-3-2-6-18(9-10)14(19)12-5-4-11(16)7-13(12)15/h4-5,7,10,17H,2-3,6,8-9H2,1H3. The third-order valence-electron chi connectivity index (χ3n) is 3.46. The molecule has 0 aromatic heterocycles. The van der Waals surface area contributed by atoms with Crippen LogP contribution in [0.3, 0.4) is 0 Å². The average Bonchev–Trinajstić information content (AvgIpc) is 2.39. The first-order valence-electron chi connectivity index (χ1n) is 6.50. The number of likely N-dealkylation sites (tertiary alicyclic amines) is 1. The van der Waals surface area contributed by atoms with E-state index in [1.54, 1.807) is 0 Å². The Morgan fingerprint density at radius 3 is 3.05 bits per heavy atom. The number of nitrogens with zero attached hydrogens (tertiary/aromatic N) is 1. The van der Waals surface area contributed by atoms with Crippen LogP contribution >= 0.6 is 34.2 Å². The van der Waals surface area contributed by atoms with Crippen molar-refractivity contribution in [3.63, 3.8) is 0 Å². The summed E-state index contributed by atoms with van der Waals surface area (Å²) in [6.07, 6.45) is 2.26. The molecule has 1 unspecified atom stereocenters. The SMILES string of the molecule is CNCC1CCCN(C(=O)c2ccc(I)cc2Cl)C1. The lowest BCUT2D eigenvalue weighted by atomic mass is 9.97. The van der Waals surface area contributed by atoms with Crippen LogP contribution in [0.15, 0.2) is 18.2 Å². The fraction of sp³-hybridized carbons (Fsp3) is 0.500. The topological polar surface area (TPSA) is 32.3 Å². The van der Waals surface area contributed by atoms with Crippen molar-refractivity contribution in [1.29, 1.82) is 0 Å². The molecule has 2 rings (SSSR count). The zero-order valence-electron chi connectivity index (χ0n) is 11.0. The molecule has 3 nitrogen and oxygen atoms in total. The Balaban J connectivity index is 2.10. The van der Waals surface area contributed by atoms with Crippen LogP contribution in [0.25, 0.3) is 0 Å². The first-order chi connectivity index (χ1) is 9.11.